The number of rotatable bonds is 7. The molecule has 0 radical (unpaired) electrons. The van der Waals surface area contributed by atoms with Crippen LogP contribution in [-0.4, -0.2) is 11.1 Å². The summed E-state index contributed by atoms with van der Waals surface area (Å²) in [7, 11) is 0. The molecule has 2 heteroatoms. The van der Waals surface area contributed by atoms with Crippen molar-refractivity contribution in [2.75, 3.05) is 0 Å². The monoisotopic (exact) mass is 304 g/mol. The maximum atomic E-state index is 10.6. The molecule has 124 valence electrons. The summed E-state index contributed by atoms with van der Waals surface area (Å²) in [6.45, 7) is 11.1. The Hall–Kier alpha value is -1.31. The van der Waals surface area contributed by atoms with Crippen LogP contribution in [0.25, 0.3) is 0 Å². The van der Waals surface area contributed by atoms with Crippen molar-refractivity contribution in [1.29, 1.82) is 0 Å². The van der Waals surface area contributed by atoms with Gasteiger partial charge in [-0.15, -0.1) is 0 Å². The Morgan fingerprint density at radius 1 is 1.23 bits per heavy atom. The van der Waals surface area contributed by atoms with Gasteiger partial charge in [0.1, 0.15) is 0 Å². The molecule has 0 bridgehead atoms. The Morgan fingerprint density at radius 3 is 2.50 bits per heavy atom. The number of carbonyl (C=O) groups is 1. The molecular weight excluding hydrogens is 272 g/mol. The average molecular weight is 304 g/mol. The van der Waals surface area contributed by atoms with E-state index in [1.807, 2.05) is 6.92 Å². The molecule has 22 heavy (non-hydrogen) atoms. The predicted octanol–water partition coefficient (Wildman–Crippen LogP) is 6.05. The zero-order valence-electron chi connectivity index (χ0n) is 15.0. The fraction of sp³-hybridized carbons (Fsp3) is 0.650. The summed E-state index contributed by atoms with van der Waals surface area (Å²) >= 11 is 0. The Kier molecular flexibility index (Phi) is 7.12. The van der Waals surface area contributed by atoms with Gasteiger partial charge < -0.3 is 5.11 Å². The SMILES string of the molecule is CC(=CC(=O)O)CCC=C(C)CCC1=C(C)CCCC1(C)C. The van der Waals surface area contributed by atoms with E-state index < -0.39 is 5.97 Å². The molecule has 1 aliphatic carbocycles. The Bertz CT molecular complexity index is 490. The molecule has 0 heterocycles. The minimum atomic E-state index is -0.847. The van der Waals surface area contributed by atoms with Crippen LogP contribution in [0.2, 0.25) is 0 Å². The largest absolute Gasteiger partial charge is 0.478 e. The molecule has 0 unspecified atom stereocenters. The summed E-state index contributed by atoms with van der Waals surface area (Å²) < 4.78 is 0. The third-order valence-electron chi connectivity index (χ3n) is 4.86. The van der Waals surface area contributed by atoms with Gasteiger partial charge in [0, 0.05) is 6.08 Å². The smallest absolute Gasteiger partial charge is 0.328 e. The van der Waals surface area contributed by atoms with Crippen LogP contribution < -0.4 is 0 Å². The zero-order valence-corrected chi connectivity index (χ0v) is 15.0. The van der Waals surface area contributed by atoms with E-state index in [-0.39, 0.29) is 0 Å². The van der Waals surface area contributed by atoms with Crippen molar-refractivity contribution in [2.45, 2.75) is 79.6 Å². The molecule has 0 atom stereocenters. The van der Waals surface area contributed by atoms with Crippen LogP contribution in [0.15, 0.2) is 34.4 Å². The van der Waals surface area contributed by atoms with Crippen LogP contribution in [0.1, 0.15) is 79.6 Å². The van der Waals surface area contributed by atoms with Crippen molar-refractivity contribution in [3.63, 3.8) is 0 Å². The number of carboxylic acid groups (broad SMARTS) is 1. The van der Waals surface area contributed by atoms with Crippen LogP contribution in [-0.2, 0) is 4.79 Å². The molecule has 1 aliphatic rings. The highest BCUT2D eigenvalue weighted by molar-refractivity contribution is 5.80. The number of hydrogen-bond acceptors (Lipinski definition) is 1. The zero-order chi connectivity index (χ0) is 16.8. The topological polar surface area (TPSA) is 37.3 Å². The van der Waals surface area contributed by atoms with E-state index >= 15 is 0 Å². The molecule has 0 saturated heterocycles. The van der Waals surface area contributed by atoms with Gasteiger partial charge in [0.05, 0.1) is 0 Å². The van der Waals surface area contributed by atoms with E-state index in [0.29, 0.717) is 5.41 Å². The van der Waals surface area contributed by atoms with E-state index in [9.17, 15) is 4.79 Å². The van der Waals surface area contributed by atoms with E-state index in [1.165, 1.54) is 37.3 Å². The maximum absolute atomic E-state index is 10.6. The number of hydrogen-bond donors (Lipinski definition) is 1. The van der Waals surface area contributed by atoms with Gasteiger partial charge >= 0.3 is 5.97 Å². The van der Waals surface area contributed by atoms with Gasteiger partial charge in [-0.1, -0.05) is 42.2 Å². The molecule has 1 rings (SSSR count). The highest BCUT2D eigenvalue weighted by Gasteiger charge is 2.27. The van der Waals surface area contributed by atoms with Crippen LogP contribution in [0, 0.1) is 5.41 Å². The number of allylic oxidation sites excluding steroid dienone is 5. The summed E-state index contributed by atoms with van der Waals surface area (Å²) in [4.78, 5) is 10.6. The van der Waals surface area contributed by atoms with E-state index in [2.05, 4.69) is 33.8 Å². The Morgan fingerprint density at radius 2 is 1.91 bits per heavy atom. The summed E-state index contributed by atoms with van der Waals surface area (Å²) in [5, 5.41) is 8.70. The van der Waals surface area contributed by atoms with Crippen LogP contribution in [0.4, 0.5) is 0 Å². The summed E-state index contributed by atoms with van der Waals surface area (Å²) in [5.74, 6) is -0.847. The van der Waals surface area contributed by atoms with Crippen LogP contribution >= 0.6 is 0 Å². The van der Waals surface area contributed by atoms with Crippen molar-refractivity contribution < 1.29 is 9.90 Å². The van der Waals surface area contributed by atoms with Gasteiger partial charge in [0.15, 0.2) is 0 Å². The first-order chi connectivity index (χ1) is 10.2. The van der Waals surface area contributed by atoms with Crippen molar-refractivity contribution in [3.05, 3.63) is 34.4 Å². The summed E-state index contributed by atoms with van der Waals surface area (Å²) in [6, 6.07) is 0. The second-order valence-electron chi connectivity index (χ2n) is 7.41. The first kappa shape index (κ1) is 18.7. The third-order valence-corrected chi connectivity index (χ3v) is 4.86. The molecule has 1 N–H and O–H groups in total. The predicted molar refractivity (Wildman–Crippen MR) is 93.9 cm³/mol. The second kappa shape index (κ2) is 8.36. The minimum absolute atomic E-state index is 0.365. The highest BCUT2D eigenvalue weighted by Crippen LogP contribution is 2.42. The average Bonchev–Trinajstić information content (AvgIpc) is 2.36. The Labute approximate surface area is 136 Å². The second-order valence-corrected chi connectivity index (χ2v) is 7.41. The van der Waals surface area contributed by atoms with Gasteiger partial charge in [-0.2, -0.15) is 0 Å². The lowest BCUT2D eigenvalue weighted by Crippen LogP contribution is -2.20. The van der Waals surface area contributed by atoms with E-state index in [1.54, 1.807) is 11.1 Å². The molecule has 0 aromatic rings. The van der Waals surface area contributed by atoms with Crippen LogP contribution in [0.3, 0.4) is 0 Å². The molecular formula is C20H32O2. The van der Waals surface area contributed by atoms with Crippen molar-refractivity contribution in [1.82, 2.24) is 0 Å². The molecule has 0 aromatic carbocycles. The number of carboxylic acids is 1. The summed E-state index contributed by atoms with van der Waals surface area (Å²) in [5.41, 5.74) is 5.98. The number of aliphatic carboxylic acids is 1. The molecule has 0 aromatic heterocycles. The fourth-order valence-corrected chi connectivity index (χ4v) is 3.48. The fourth-order valence-electron chi connectivity index (χ4n) is 3.48. The van der Waals surface area contributed by atoms with Gasteiger partial charge in [0.25, 0.3) is 0 Å². The lowest BCUT2D eigenvalue weighted by molar-refractivity contribution is -0.131. The van der Waals surface area contributed by atoms with Crippen molar-refractivity contribution >= 4 is 5.97 Å². The highest BCUT2D eigenvalue weighted by atomic mass is 16.4. The Balaban J connectivity index is 2.50. The maximum Gasteiger partial charge on any atom is 0.328 e. The quantitative estimate of drug-likeness (QED) is 0.459. The summed E-state index contributed by atoms with van der Waals surface area (Å²) in [6.07, 6.45) is 11.5. The van der Waals surface area contributed by atoms with Gasteiger partial charge in [0.2, 0.25) is 0 Å². The molecule has 0 saturated carbocycles. The van der Waals surface area contributed by atoms with Gasteiger partial charge in [-0.05, 0) is 71.1 Å². The molecule has 2 nitrogen and oxygen atoms in total. The first-order valence-electron chi connectivity index (χ1n) is 8.47. The molecule has 0 spiro atoms. The standard InChI is InChI=1S/C20H32O2/c1-15(8-6-9-16(2)14-19(21)22)11-12-18-17(3)10-7-13-20(18,4)5/h8,14H,6-7,9-13H2,1-5H3,(H,21,22). The molecule has 0 fully saturated rings. The molecule has 0 amide bonds. The van der Waals surface area contributed by atoms with Crippen LogP contribution in [0.5, 0.6) is 0 Å². The lowest BCUT2D eigenvalue weighted by Gasteiger charge is -2.35. The first-order valence-corrected chi connectivity index (χ1v) is 8.47. The third kappa shape index (κ3) is 6.21. The van der Waals surface area contributed by atoms with Gasteiger partial charge in [-0.3, -0.25) is 0 Å². The van der Waals surface area contributed by atoms with E-state index in [4.69, 9.17) is 5.11 Å². The lowest BCUT2D eigenvalue weighted by atomic mass is 9.71. The molecule has 0 aliphatic heterocycles. The normalized spacial score (nSPS) is 19.5. The van der Waals surface area contributed by atoms with E-state index in [0.717, 1.165) is 24.8 Å². The van der Waals surface area contributed by atoms with Crippen molar-refractivity contribution in [3.8, 4) is 0 Å². The van der Waals surface area contributed by atoms with Gasteiger partial charge in [-0.25, -0.2) is 4.79 Å². The van der Waals surface area contributed by atoms with Crippen molar-refractivity contribution in [2.24, 2.45) is 5.41 Å². The minimum Gasteiger partial charge on any atom is -0.478 e.